The van der Waals surface area contributed by atoms with Crippen LogP contribution in [0.5, 0.6) is 0 Å². The van der Waals surface area contributed by atoms with Crippen molar-refractivity contribution < 1.29 is 9.53 Å². The molecule has 8 nitrogen and oxygen atoms in total. The Hall–Kier alpha value is -2.74. The fraction of sp³-hybridized carbons (Fsp3) is 0.565. The molecular formula is C23H30N6O2. The van der Waals surface area contributed by atoms with Crippen molar-refractivity contribution >= 4 is 17.4 Å². The predicted octanol–water partition coefficient (Wildman–Crippen LogP) is 2.20. The summed E-state index contributed by atoms with van der Waals surface area (Å²) < 4.78 is 5.68. The van der Waals surface area contributed by atoms with Gasteiger partial charge in [-0.15, -0.1) is 10.2 Å². The molecule has 8 heteroatoms. The second-order valence-electron chi connectivity index (χ2n) is 8.83. The zero-order chi connectivity index (χ0) is 21.4. The van der Waals surface area contributed by atoms with Crippen LogP contribution in [0.1, 0.15) is 47.1 Å². The average Bonchev–Trinajstić information content (AvgIpc) is 3.33. The minimum absolute atomic E-state index is 0.00257. The lowest BCUT2D eigenvalue weighted by atomic mass is 10.0. The Morgan fingerprint density at radius 2 is 1.94 bits per heavy atom. The van der Waals surface area contributed by atoms with E-state index < -0.39 is 0 Å². The molecule has 0 bridgehead atoms. The SMILES string of the molecule is Cc1cc(C(=O)N2CCCC2)nnc1N1CCc2ncc(N3CCO[C@H](C)C3)cc2C1. The zero-order valence-corrected chi connectivity index (χ0v) is 18.4. The van der Waals surface area contributed by atoms with Crippen molar-refractivity contribution in [2.24, 2.45) is 0 Å². The van der Waals surface area contributed by atoms with Gasteiger partial charge in [-0.2, -0.15) is 0 Å². The molecule has 0 unspecified atom stereocenters. The molecule has 5 heterocycles. The minimum atomic E-state index is -0.00257. The quantitative estimate of drug-likeness (QED) is 0.751. The van der Waals surface area contributed by atoms with Gasteiger partial charge in [-0.3, -0.25) is 9.78 Å². The van der Waals surface area contributed by atoms with Crippen LogP contribution in [0.2, 0.25) is 0 Å². The molecule has 1 amide bonds. The molecule has 3 aliphatic heterocycles. The number of nitrogens with zero attached hydrogens (tertiary/aromatic N) is 6. The van der Waals surface area contributed by atoms with Gasteiger partial charge in [-0.05, 0) is 49.9 Å². The maximum absolute atomic E-state index is 12.6. The molecule has 0 aliphatic carbocycles. The molecule has 0 saturated carbocycles. The van der Waals surface area contributed by atoms with Gasteiger partial charge in [0.05, 0.1) is 24.6 Å². The van der Waals surface area contributed by atoms with Crippen molar-refractivity contribution in [2.45, 2.75) is 45.8 Å². The molecule has 2 fully saturated rings. The van der Waals surface area contributed by atoms with Gasteiger partial charge in [0.15, 0.2) is 11.5 Å². The highest BCUT2D eigenvalue weighted by atomic mass is 16.5. The van der Waals surface area contributed by atoms with Gasteiger partial charge in [-0.1, -0.05) is 0 Å². The van der Waals surface area contributed by atoms with Gasteiger partial charge >= 0.3 is 0 Å². The smallest absolute Gasteiger partial charge is 0.274 e. The summed E-state index contributed by atoms with van der Waals surface area (Å²) in [6, 6.07) is 4.16. The van der Waals surface area contributed by atoms with Crippen LogP contribution in [-0.2, 0) is 17.7 Å². The number of morpholine rings is 1. The molecule has 0 spiro atoms. The van der Waals surface area contributed by atoms with Crippen LogP contribution in [0.3, 0.4) is 0 Å². The highest BCUT2D eigenvalue weighted by Gasteiger charge is 2.25. The van der Waals surface area contributed by atoms with Gasteiger partial charge < -0.3 is 19.4 Å². The van der Waals surface area contributed by atoms with Crippen LogP contribution in [0, 0.1) is 6.92 Å². The molecule has 1 atom stereocenters. The van der Waals surface area contributed by atoms with Crippen LogP contribution in [0.15, 0.2) is 18.3 Å². The molecule has 2 saturated heterocycles. The summed E-state index contributed by atoms with van der Waals surface area (Å²) >= 11 is 0. The number of likely N-dealkylation sites (tertiary alicyclic amines) is 1. The number of amides is 1. The highest BCUT2D eigenvalue weighted by molar-refractivity contribution is 5.92. The third-order valence-electron chi connectivity index (χ3n) is 6.50. The Morgan fingerprint density at radius 3 is 2.71 bits per heavy atom. The van der Waals surface area contributed by atoms with E-state index in [1.165, 1.54) is 5.56 Å². The fourth-order valence-electron chi connectivity index (χ4n) is 4.80. The molecule has 5 rings (SSSR count). The van der Waals surface area contributed by atoms with E-state index in [0.717, 1.165) is 87.9 Å². The first kappa shape index (κ1) is 20.2. The third kappa shape index (κ3) is 4.08. The monoisotopic (exact) mass is 422 g/mol. The van der Waals surface area contributed by atoms with E-state index in [9.17, 15) is 4.79 Å². The first-order chi connectivity index (χ1) is 15.1. The van der Waals surface area contributed by atoms with Crippen LogP contribution >= 0.6 is 0 Å². The number of hydrogen-bond donors (Lipinski definition) is 0. The Morgan fingerprint density at radius 1 is 1.10 bits per heavy atom. The van der Waals surface area contributed by atoms with Crippen LogP contribution < -0.4 is 9.80 Å². The molecule has 0 aromatic carbocycles. The first-order valence-electron chi connectivity index (χ1n) is 11.3. The number of carbonyl (C=O) groups excluding carboxylic acids is 1. The van der Waals surface area contributed by atoms with Crippen molar-refractivity contribution in [3.63, 3.8) is 0 Å². The summed E-state index contributed by atoms with van der Waals surface area (Å²) in [7, 11) is 0. The summed E-state index contributed by atoms with van der Waals surface area (Å²) in [5.74, 6) is 0.853. The van der Waals surface area contributed by atoms with Crippen molar-refractivity contribution in [2.75, 3.05) is 49.1 Å². The van der Waals surface area contributed by atoms with Crippen molar-refractivity contribution in [1.82, 2.24) is 20.1 Å². The lowest BCUT2D eigenvalue weighted by Crippen LogP contribution is -2.41. The second-order valence-corrected chi connectivity index (χ2v) is 8.83. The number of anilines is 2. The maximum atomic E-state index is 12.6. The molecule has 0 radical (unpaired) electrons. The van der Waals surface area contributed by atoms with Crippen molar-refractivity contribution in [3.05, 3.63) is 40.8 Å². The molecule has 164 valence electrons. The molecule has 31 heavy (non-hydrogen) atoms. The highest BCUT2D eigenvalue weighted by Crippen LogP contribution is 2.28. The van der Waals surface area contributed by atoms with E-state index in [2.05, 4.69) is 33.0 Å². The van der Waals surface area contributed by atoms with Gasteiger partial charge in [0.2, 0.25) is 0 Å². The minimum Gasteiger partial charge on any atom is -0.375 e. The van der Waals surface area contributed by atoms with Crippen LogP contribution in [-0.4, -0.2) is 71.4 Å². The van der Waals surface area contributed by atoms with Crippen molar-refractivity contribution in [1.29, 1.82) is 0 Å². The Kier molecular flexibility index (Phi) is 5.48. The number of hydrogen-bond acceptors (Lipinski definition) is 7. The van der Waals surface area contributed by atoms with Crippen molar-refractivity contribution in [3.8, 4) is 0 Å². The number of rotatable bonds is 3. The number of aryl methyl sites for hydroxylation is 1. The topological polar surface area (TPSA) is 74.7 Å². The average molecular weight is 423 g/mol. The van der Waals surface area contributed by atoms with Crippen LogP contribution in [0.4, 0.5) is 11.5 Å². The Bertz CT molecular complexity index is 975. The van der Waals surface area contributed by atoms with E-state index in [-0.39, 0.29) is 12.0 Å². The normalized spacial score (nSPS) is 21.4. The summed E-state index contributed by atoms with van der Waals surface area (Å²) in [5.41, 5.74) is 5.00. The van der Waals surface area contributed by atoms with Gasteiger partial charge in [0, 0.05) is 51.4 Å². The number of pyridine rings is 1. The second kappa shape index (κ2) is 8.42. The van der Waals surface area contributed by atoms with Gasteiger partial charge in [0.25, 0.3) is 5.91 Å². The molecule has 0 N–H and O–H groups in total. The number of ether oxygens (including phenoxy) is 1. The molecular weight excluding hydrogens is 392 g/mol. The van der Waals surface area contributed by atoms with E-state index in [1.807, 2.05) is 24.1 Å². The number of fused-ring (bicyclic) bond motifs is 1. The van der Waals surface area contributed by atoms with E-state index in [0.29, 0.717) is 5.69 Å². The summed E-state index contributed by atoms with van der Waals surface area (Å²) in [6.45, 7) is 9.91. The number of carbonyl (C=O) groups is 1. The standard InChI is InChI=1S/C23H30N6O2/c1-16-11-21(23(30)27-6-3-4-7-27)25-26-22(16)29-8-5-20-18(15-29)12-19(13-24-20)28-9-10-31-17(2)14-28/h11-13,17H,3-10,14-15H2,1-2H3/t17-/m1/s1. The fourth-order valence-corrected chi connectivity index (χ4v) is 4.80. The summed E-state index contributed by atoms with van der Waals surface area (Å²) in [4.78, 5) is 23.9. The summed E-state index contributed by atoms with van der Waals surface area (Å²) in [5, 5.41) is 8.76. The van der Waals surface area contributed by atoms with Crippen LogP contribution in [0.25, 0.3) is 0 Å². The lowest BCUT2D eigenvalue weighted by molar-refractivity contribution is 0.0532. The van der Waals surface area contributed by atoms with E-state index >= 15 is 0 Å². The predicted molar refractivity (Wildman–Crippen MR) is 119 cm³/mol. The van der Waals surface area contributed by atoms with E-state index in [4.69, 9.17) is 9.72 Å². The molecule has 3 aliphatic rings. The first-order valence-corrected chi connectivity index (χ1v) is 11.3. The Balaban J connectivity index is 1.34. The Labute approximate surface area is 183 Å². The molecule has 2 aromatic rings. The lowest BCUT2D eigenvalue weighted by Gasteiger charge is -2.34. The van der Waals surface area contributed by atoms with E-state index in [1.54, 1.807) is 0 Å². The third-order valence-corrected chi connectivity index (χ3v) is 6.50. The summed E-state index contributed by atoms with van der Waals surface area (Å²) in [6.07, 6.45) is 5.26. The van der Waals surface area contributed by atoms with Gasteiger partial charge in [-0.25, -0.2) is 0 Å². The maximum Gasteiger partial charge on any atom is 0.274 e. The van der Waals surface area contributed by atoms with Gasteiger partial charge in [0.1, 0.15) is 0 Å². The molecule has 2 aromatic heterocycles. The zero-order valence-electron chi connectivity index (χ0n) is 18.4. The largest absolute Gasteiger partial charge is 0.375 e. The number of aromatic nitrogens is 3.